The molecule has 0 bridgehead atoms. The number of benzene rings is 2. The van der Waals surface area contributed by atoms with Gasteiger partial charge < -0.3 is 15.8 Å². The number of hydrogen-bond donors (Lipinski definition) is 2. The van der Waals surface area contributed by atoms with Gasteiger partial charge in [0.1, 0.15) is 5.82 Å². The van der Waals surface area contributed by atoms with Gasteiger partial charge in [0.15, 0.2) is 0 Å². The predicted molar refractivity (Wildman–Crippen MR) is 119 cm³/mol. The Hall–Kier alpha value is -3.19. The largest absolute Gasteiger partial charge is 0.466 e. The number of nitrogens with zero attached hydrogens (tertiary/aromatic N) is 2. The summed E-state index contributed by atoms with van der Waals surface area (Å²) in [7, 11) is 0. The second-order valence-electron chi connectivity index (χ2n) is 7.00. The summed E-state index contributed by atoms with van der Waals surface area (Å²) in [6.45, 7) is 4.68. The van der Waals surface area contributed by atoms with Gasteiger partial charge in [-0.25, -0.2) is 4.98 Å². The Morgan fingerprint density at radius 1 is 1.17 bits per heavy atom. The molecule has 3 N–H and O–H groups in total. The maximum atomic E-state index is 13.6. The van der Waals surface area contributed by atoms with Gasteiger partial charge in [0.25, 0.3) is 5.56 Å². The summed E-state index contributed by atoms with van der Waals surface area (Å²) in [4.78, 5) is 29.8. The molecular weight excluding hydrogens is 380 g/mol. The number of rotatable bonds is 9. The van der Waals surface area contributed by atoms with E-state index in [-0.39, 0.29) is 17.6 Å². The second-order valence-corrected chi connectivity index (χ2v) is 7.00. The number of carbonyl (C=O) groups excluding carboxylic acids is 1. The fourth-order valence-corrected chi connectivity index (χ4v) is 3.34. The van der Waals surface area contributed by atoms with Crippen molar-refractivity contribution < 1.29 is 9.53 Å². The molecule has 0 unspecified atom stereocenters. The predicted octanol–water partition coefficient (Wildman–Crippen LogP) is 3.55. The van der Waals surface area contributed by atoms with Gasteiger partial charge in [0.05, 0.1) is 29.2 Å². The van der Waals surface area contributed by atoms with E-state index in [9.17, 15) is 9.59 Å². The van der Waals surface area contributed by atoms with Crippen LogP contribution >= 0.6 is 0 Å². The topological polar surface area (TPSA) is 99.2 Å². The minimum atomic E-state index is -0.358. The minimum Gasteiger partial charge on any atom is -0.466 e. The molecule has 0 aliphatic carbocycles. The Balaban J connectivity index is 2.01. The molecule has 0 fully saturated rings. The van der Waals surface area contributed by atoms with Crippen molar-refractivity contribution in [3.63, 3.8) is 0 Å². The number of fused-ring (bicyclic) bond motifs is 1. The number of carbonyl (C=O) groups is 1. The third kappa shape index (κ3) is 4.68. The number of hydrogen-bond acceptors (Lipinski definition) is 6. The number of ether oxygens (including phenoxy) is 1. The molecule has 3 aromatic rings. The Bertz CT molecular complexity index is 1060. The van der Waals surface area contributed by atoms with E-state index in [1.54, 1.807) is 11.5 Å². The van der Waals surface area contributed by atoms with Gasteiger partial charge >= 0.3 is 5.97 Å². The van der Waals surface area contributed by atoms with Crippen LogP contribution < -0.4 is 16.6 Å². The smallest absolute Gasteiger partial charge is 0.305 e. The van der Waals surface area contributed by atoms with Crippen LogP contribution in [0, 0.1) is 0 Å². The number of nitrogens with two attached hydrogens (primary N) is 1. The lowest BCUT2D eigenvalue weighted by atomic mass is 10.1. The molecule has 30 heavy (non-hydrogen) atoms. The Morgan fingerprint density at radius 3 is 2.63 bits per heavy atom. The molecule has 1 heterocycles. The number of anilines is 1. The molecular formula is C23H28N4O3. The molecule has 1 atom stereocenters. The molecule has 0 saturated heterocycles. The van der Waals surface area contributed by atoms with Gasteiger partial charge in [-0.05, 0) is 44.0 Å². The fraction of sp³-hybridized carbons (Fsp3) is 0.348. The first-order valence-electron chi connectivity index (χ1n) is 10.3. The van der Waals surface area contributed by atoms with Crippen LogP contribution in [0.15, 0.2) is 53.3 Å². The number of esters is 1. The lowest BCUT2D eigenvalue weighted by Crippen LogP contribution is -2.28. The van der Waals surface area contributed by atoms with E-state index in [0.29, 0.717) is 54.8 Å². The summed E-state index contributed by atoms with van der Waals surface area (Å²) in [5.41, 5.74) is 8.15. The standard InChI is InChI=1S/C23H28N4O3/c1-3-17(24)22-26-19-13-8-12-18(25-15-9-14-20(28)30-4-2)21(19)23(29)27(22)16-10-6-5-7-11-16/h5-8,10-13,17,25H,3-4,9,14-15,24H2,1-2H3/t17-/m0/s1. The highest BCUT2D eigenvalue weighted by Gasteiger charge is 2.19. The Labute approximate surface area is 175 Å². The van der Waals surface area contributed by atoms with Crippen molar-refractivity contribution in [2.45, 2.75) is 39.2 Å². The van der Waals surface area contributed by atoms with Gasteiger partial charge in [-0.3, -0.25) is 14.2 Å². The summed E-state index contributed by atoms with van der Waals surface area (Å²) in [5.74, 6) is 0.323. The maximum absolute atomic E-state index is 13.6. The van der Waals surface area contributed by atoms with Crippen LogP contribution in [0.1, 0.15) is 45.0 Å². The first-order valence-corrected chi connectivity index (χ1v) is 10.3. The molecule has 3 rings (SSSR count). The van der Waals surface area contributed by atoms with E-state index in [4.69, 9.17) is 15.5 Å². The molecule has 2 aromatic carbocycles. The fourth-order valence-electron chi connectivity index (χ4n) is 3.34. The number of para-hydroxylation sites is 1. The van der Waals surface area contributed by atoms with Crippen LogP contribution in [0.3, 0.4) is 0 Å². The summed E-state index contributed by atoms with van der Waals surface area (Å²) in [5, 5.41) is 3.78. The van der Waals surface area contributed by atoms with Gasteiger partial charge in [-0.1, -0.05) is 31.2 Å². The number of aromatic nitrogens is 2. The van der Waals surface area contributed by atoms with Crippen molar-refractivity contribution in [3.8, 4) is 5.69 Å². The van der Waals surface area contributed by atoms with Crippen LogP contribution in [0.4, 0.5) is 5.69 Å². The van der Waals surface area contributed by atoms with Gasteiger partial charge in [0, 0.05) is 18.7 Å². The van der Waals surface area contributed by atoms with Crippen molar-refractivity contribution in [2.75, 3.05) is 18.5 Å². The van der Waals surface area contributed by atoms with Crippen molar-refractivity contribution in [1.29, 1.82) is 0 Å². The first kappa shape index (κ1) is 21.5. The van der Waals surface area contributed by atoms with E-state index < -0.39 is 0 Å². The third-order valence-electron chi connectivity index (χ3n) is 4.89. The number of nitrogens with one attached hydrogen (secondary N) is 1. The highest BCUT2D eigenvalue weighted by molar-refractivity contribution is 5.91. The molecule has 158 valence electrons. The van der Waals surface area contributed by atoms with Crippen LogP contribution in [0.5, 0.6) is 0 Å². The van der Waals surface area contributed by atoms with Crippen LogP contribution in [-0.2, 0) is 9.53 Å². The molecule has 0 spiro atoms. The summed E-state index contributed by atoms with van der Waals surface area (Å²) in [6, 6.07) is 14.6. The lowest BCUT2D eigenvalue weighted by molar-refractivity contribution is -0.143. The van der Waals surface area contributed by atoms with Crippen molar-refractivity contribution in [3.05, 3.63) is 64.7 Å². The van der Waals surface area contributed by atoms with Crippen molar-refractivity contribution >= 4 is 22.6 Å². The monoisotopic (exact) mass is 408 g/mol. The highest BCUT2D eigenvalue weighted by atomic mass is 16.5. The molecule has 0 radical (unpaired) electrons. The second kappa shape index (κ2) is 10.0. The molecule has 0 aliphatic heterocycles. The van der Waals surface area contributed by atoms with E-state index in [2.05, 4.69) is 5.32 Å². The van der Waals surface area contributed by atoms with Crippen LogP contribution in [0.25, 0.3) is 16.6 Å². The van der Waals surface area contributed by atoms with Crippen LogP contribution in [-0.4, -0.2) is 28.7 Å². The zero-order valence-corrected chi connectivity index (χ0v) is 17.4. The average Bonchev–Trinajstić information content (AvgIpc) is 2.76. The molecule has 7 heteroatoms. The molecule has 0 amide bonds. The summed E-state index contributed by atoms with van der Waals surface area (Å²) in [6.07, 6.45) is 1.60. The normalized spacial score (nSPS) is 12.0. The van der Waals surface area contributed by atoms with E-state index in [0.717, 1.165) is 5.69 Å². The zero-order valence-electron chi connectivity index (χ0n) is 17.4. The maximum Gasteiger partial charge on any atom is 0.305 e. The van der Waals surface area contributed by atoms with E-state index >= 15 is 0 Å². The van der Waals surface area contributed by atoms with Crippen molar-refractivity contribution in [2.24, 2.45) is 5.73 Å². The Morgan fingerprint density at radius 2 is 1.93 bits per heavy atom. The lowest BCUT2D eigenvalue weighted by Gasteiger charge is -2.18. The Kier molecular flexibility index (Phi) is 7.19. The van der Waals surface area contributed by atoms with Crippen molar-refractivity contribution in [1.82, 2.24) is 9.55 Å². The van der Waals surface area contributed by atoms with Gasteiger partial charge in [-0.2, -0.15) is 0 Å². The van der Waals surface area contributed by atoms with Gasteiger partial charge in [-0.15, -0.1) is 0 Å². The highest BCUT2D eigenvalue weighted by Crippen LogP contribution is 2.23. The average molecular weight is 409 g/mol. The van der Waals surface area contributed by atoms with E-state index in [1.165, 1.54) is 0 Å². The molecule has 0 aliphatic rings. The SMILES string of the molecule is CCOC(=O)CCCNc1cccc2nc([C@@H](N)CC)n(-c3ccccc3)c(=O)c12. The minimum absolute atomic E-state index is 0.168. The zero-order chi connectivity index (χ0) is 21.5. The quantitative estimate of drug-likeness (QED) is 0.415. The van der Waals surface area contributed by atoms with Gasteiger partial charge in [0.2, 0.25) is 0 Å². The summed E-state index contributed by atoms with van der Waals surface area (Å²) >= 11 is 0. The van der Waals surface area contributed by atoms with Crippen LogP contribution in [0.2, 0.25) is 0 Å². The van der Waals surface area contributed by atoms with E-state index in [1.807, 2.05) is 55.5 Å². The molecule has 7 nitrogen and oxygen atoms in total. The molecule has 0 saturated carbocycles. The summed E-state index contributed by atoms with van der Waals surface area (Å²) < 4.78 is 6.55. The third-order valence-corrected chi connectivity index (χ3v) is 4.89. The molecule has 1 aromatic heterocycles. The first-order chi connectivity index (χ1) is 14.6.